The minimum Gasteiger partial charge on any atom is -0.496 e. The zero-order chi connectivity index (χ0) is 15.9. The van der Waals surface area contributed by atoms with Gasteiger partial charge >= 0.3 is 5.97 Å². The maximum absolute atomic E-state index is 12.1. The van der Waals surface area contributed by atoms with E-state index in [0.29, 0.717) is 25.2 Å². The third-order valence-electron chi connectivity index (χ3n) is 3.64. The third kappa shape index (κ3) is 3.98. The predicted molar refractivity (Wildman–Crippen MR) is 79.6 cm³/mol. The van der Waals surface area contributed by atoms with Crippen molar-refractivity contribution in [1.82, 2.24) is 5.32 Å². The van der Waals surface area contributed by atoms with Crippen LogP contribution in [0.1, 0.15) is 18.4 Å². The molecule has 1 amide bonds. The van der Waals surface area contributed by atoms with Crippen LogP contribution in [-0.2, 0) is 25.5 Å². The Balaban J connectivity index is 2.08. The van der Waals surface area contributed by atoms with Gasteiger partial charge in [0, 0.05) is 13.0 Å². The number of carbonyl (C=O) groups excluding carboxylic acids is 2. The molecule has 6 heteroatoms. The van der Waals surface area contributed by atoms with Gasteiger partial charge in [0.1, 0.15) is 17.9 Å². The van der Waals surface area contributed by atoms with E-state index in [1.807, 2.05) is 24.3 Å². The fourth-order valence-corrected chi connectivity index (χ4v) is 2.48. The summed E-state index contributed by atoms with van der Waals surface area (Å²) < 4.78 is 15.4. The van der Waals surface area contributed by atoms with E-state index in [1.54, 1.807) is 7.11 Å². The Hall–Kier alpha value is -2.08. The van der Waals surface area contributed by atoms with Crippen LogP contribution >= 0.6 is 0 Å². The van der Waals surface area contributed by atoms with Gasteiger partial charge in [-0.2, -0.15) is 0 Å². The van der Waals surface area contributed by atoms with E-state index >= 15 is 0 Å². The Morgan fingerprint density at radius 2 is 2.14 bits per heavy atom. The normalized spacial score (nSPS) is 18.5. The van der Waals surface area contributed by atoms with Crippen LogP contribution in [0, 0.1) is 0 Å². The smallest absolute Gasteiger partial charge is 0.328 e. The summed E-state index contributed by atoms with van der Waals surface area (Å²) in [5.74, 6) is -0.0946. The van der Waals surface area contributed by atoms with Gasteiger partial charge in [-0.1, -0.05) is 18.2 Å². The van der Waals surface area contributed by atoms with Crippen LogP contribution in [0.25, 0.3) is 0 Å². The molecular formula is C16H21NO5. The molecule has 1 aromatic carbocycles. The Labute approximate surface area is 129 Å². The molecule has 0 bridgehead atoms. The number of ether oxygens (including phenoxy) is 3. The zero-order valence-corrected chi connectivity index (χ0v) is 12.8. The standard InChI is InChI=1S/C16H21NO5/c1-20-13-7-4-3-6-11(13)10-12(16(19)21-2)17-15(18)14-8-5-9-22-14/h3-4,6-7,12,14H,5,8-10H2,1-2H3,(H,17,18)/t12-,14-/m0/s1. The van der Waals surface area contributed by atoms with Gasteiger partial charge in [0.2, 0.25) is 5.91 Å². The molecule has 0 aliphatic carbocycles. The van der Waals surface area contributed by atoms with Crippen LogP contribution in [0.15, 0.2) is 24.3 Å². The molecule has 0 spiro atoms. The van der Waals surface area contributed by atoms with Crippen LogP contribution in [0.5, 0.6) is 5.75 Å². The van der Waals surface area contributed by atoms with Gasteiger partial charge in [-0.3, -0.25) is 4.79 Å². The van der Waals surface area contributed by atoms with Crippen molar-refractivity contribution in [1.29, 1.82) is 0 Å². The van der Waals surface area contributed by atoms with Gasteiger partial charge in [0.05, 0.1) is 14.2 Å². The molecule has 0 saturated carbocycles. The number of para-hydroxylation sites is 1. The molecule has 0 aromatic heterocycles. The lowest BCUT2D eigenvalue weighted by atomic mass is 10.0. The van der Waals surface area contributed by atoms with Crippen molar-refractivity contribution in [2.75, 3.05) is 20.8 Å². The molecule has 6 nitrogen and oxygen atoms in total. The maximum atomic E-state index is 12.1. The second-order valence-electron chi connectivity index (χ2n) is 5.10. The highest BCUT2D eigenvalue weighted by Crippen LogP contribution is 2.20. The van der Waals surface area contributed by atoms with E-state index in [9.17, 15) is 9.59 Å². The van der Waals surface area contributed by atoms with E-state index in [4.69, 9.17) is 14.2 Å². The average molecular weight is 307 g/mol. The molecule has 1 aliphatic rings. The van der Waals surface area contributed by atoms with Gasteiger partial charge < -0.3 is 19.5 Å². The molecule has 1 aliphatic heterocycles. The number of methoxy groups -OCH3 is 2. The summed E-state index contributed by atoms with van der Waals surface area (Å²) in [7, 11) is 2.87. The van der Waals surface area contributed by atoms with Crippen LogP contribution in [0.2, 0.25) is 0 Å². The number of benzene rings is 1. The summed E-state index contributed by atoms with van der Waals surface area (Å²) in [6.07, 6.45) is 1.35. The monoisotopic (exact) mass is 307 g/mol. The number of carbonyl (C=O) groups is 2. The van der Waals surface area contributed by atoms with Crippen LogP contribution in [0.4, 0.5) is 0 Å². The van der Waals surface area contributed by atoms with E-state index in [1.165, 1.54) is 7.11 Å². The molecule has 2 rings (SSSR count). The minimum absolute atomic E-state index is 0.275. The number of esters is 1. The molecule has 2 atom stereocenters. The topological polar surface area (TPSA) is 73.9 Å². The van der Waals surface area contributed by atoms with Crippen molar-refractivity contribution in [3.05, 3.63) is 29.8 Å². The molecule has 0 unspecified atom stereocenters. The van der Waals surface area contributed by atoms with Crippen molar-refractivity contribution >= 4 is 11.9 Å². The molecule has 1 aromatic rings. The fourth-order valence-electron chi connectivity index (χ4n) is 2.48. The molecule has 1 heterocycles. The first-order valence-electron chi connectivity index (χ1n) is 7.27. The zero-order valence-electron chi connectivity index (χ0n) is 12.8. The summed E-state index contributed by atoms with van der Waals surface area (Å²) in [5, 5.41) is 2.72. The summed E-state index contributed by atoms with van der Waals surface area (Å²) in [6, 6.07) is 6.60. The SMILES string of the molecule is COC(=O)[C@H](Cc1ccccc1OC)NC(=O)[C@@H]1CCCO1. The van der Waals surface area contributed by atoms with Gasteiger partial charge in [-0.25, -0.2) is 4.79 Å². The molecule has 1 N–H and O–H groups in total. The Bertz CT molecular complexity index is 525. The summed E-state index contributed by atoms with van der Waals surface area (Å²) in [6.45, 7) is 0.577. The first-order chi connectivity index (χ1) is 10.7. The average Bonchev–Trinajstić information content (AvgIpc) is 3.08. The lowest BCUT2D eigenvalue weighted by Gasteiger charge is -2.19. The Morgan fingerprint density at radius 3 is 2.77 bits per heavy atom. The Morgan fingerprint density at radius 1 is 1.36 bits per heavy atom. The highest BCUT2D eigenvalue weighted by Gasteiger charge is 2.29. The number of hydrogen-bond acceptors (Lipinski definition) is 5. The van der Waals surface area contributed by atoms with E-state index in [-0.39, 0.29) is 5.91 Å². The van der Waals surface area contributed by atoms with Crippen LogP contribution in [-0.4, -0.2) is 44.8 Å². The molecular weight excluding hydrogens is 286 g/mol. The molecule has 22 heavy (non-hydrogen) atoms. The number of rotatable bonds is 6. The number of amides is 1. The largest absolute Gasteiger partial charge is 0.496 e. The highest BCUT2D eigenvalue weighted by molar-refractivity contribution is 5.87. The lowest BCUT2D eigenvalue weighted by molar-refractivity contribution is -0.146. The maximum Gasteiger partial charge on any atom is 0.328 e. The minimum atomic E-state index is -0.766. The van der Waals surface area contributed by atoms with E-state index in [2.05, 4.69) is 5.32 Å². The van der Waals surface area contributed by atoms with Gasteiger partial charge in [0.25, 0.3) is 0 Å². The number of nitrogens with one attached hydrogen (secondary N) is 1. The first kappa shape index (κ1) is 16.3. The number of hydrogen-bond donors (Lipinski definition) is 1. The van der Waals surface area contributed by atoms with Crippen molar-refractivity contribution in [3.8, 4) is 5.75 Å². The van der Waals surface area contributed by atoms with Gasteiger partial charge in [-0.15, -0.1) is 0 Å². The molecule has 0 radical (unpaired) electrons. The molecule has 1 fully saturated rings. The second-order valence-corrected chi connectivity index (χ2v) is 5.10. The molecule has 120 valence electrons. The van der Waals surface area contributed by atoms with Crippen LogP contribution < -0.4 is 10.1 Å². The lowest BCUT2D eigenvalue weighted by Crippen LogP contribution is -2.47. The quantitative estimate of drug-likeness (QED) is 0.796. The van der Waals surface area contributed by atoms with Crippen molar-refractivity contribution in [2.24, 2.45) is 0 Å². The molecule has 1 saturated heterocycles. The second kappa shape index (κ2) is 7.79. The van der Waals surface area contributed by atoms with Gasteiger partial charge in [0.15, 0.2) is 0 Å². The van der Waals surface area contributed by atoms with E-state index in [0.717, 1.165) is 12.0 Å². The van der Waals surface area contributed by atoms with Crippen molar-refractivity contribution in [2.45, 2.75) is 31.4 Å². The summed E-state index contributed by atoms with van der Waals surface area (Å²) >= 11 is 0. The van der Waals surface area contributed by atoms with Gasteiger partial charge in [-0.05, 0) is 24.5 Å². The summed E-state index contributed by atoms with van der Waals surface area (Å²) in [4.78, 5) is 24.1. The third-order valence-corrected chi connectivity index (χ3v) is 3.64. The van der Waals surface area contributed by atoms with Crippen molar-refractivity contribution in [3.63, 3.8) is 0 Å². The summed E-state index contributed by atoms with van der Waals surface area (Å²) in [5.41, 5.74) is 0.827. The Kier molecular flexibility index (Phi) is 5.77. The first-order valence-corrected chi connectivity index (χ1v) is 7.27. The fraction of sp³-hybridized carbons (Fsp3) is 0.500. The van der Waals surface area contributed by atoms with Crippen LogP contribution in [0.3, 0.4) is 0 Å². The highest BCUT2D eigenvalue weighted by atomic mass is 16.5. The predicted octanol–water partition coefficient (Wildman–Crippen LogP) is 1.07. The van der Waals surface area contributed by atoms with E-state index < -0.39 is 18.1 Å². The van der Waals surface area contributed by atoms with Crippen molar-refractivity contribution < 1.29 is 23.8 Å².